The molecule has 0 heterocycles. The number of benzene rings is 1. The molecule has 3 rings (SSSR count). The van der Waals surface area contributed by atoms with Gasteiger partial charge in [0.2, 0.25) is 0 Å². The molecule has 1 aromatic rings. The highest BCUT2D eigenvalue weighted by Crippen LogP contribution is 2.57. The summed E-state index contributed by atoms with van der Waals surface area (Å²) < 4.78 is 5.95. The van der Waals surface area contributed by atoms with Crippen molar-refractivity contribution in [3.63, 3.8) is 0 Å². The Morgan fingerprint density at radius 3 is 2.75 bits per heavy atom. The second-order valence-electron chi connectivity index (χ2n) is 6.63. The average molecular weight is 273 g/mol. The van der Waals surface area contributed by atoms with Crippen LogP contribution in [0.1, 0.15) is 39.0 Å². The summed E-state index contributed by atoms with van der Waals surface area (Å²) in [5.74, 6) is 2.94. The monoisotopic (exact) mass is 273 g/mol. The third-order valence-corrected chi connectivity index (χ3v) is 5.44. The normalized spacial score (nSPS) is 31.6. The number of hydrogen-bond donors (Lipinski definition) is 1. The van der Waals surface area contributed by atoms with Crippen LogP contribution < -0.4 is 10.1 Å². The number of nitrogens with one attached hydrogen (secondary N) is 1. The van der Waals surface area contributed by atoms with Gasteiger partial charge in [-0.1, -0.05) is 31.5 Å². The minimum atomic E-state index is 0.508. The first-order valence-corrected chi connectivity index (χ1v) is 8.21. The molecular weight excluding hydrogens is 246 g/mol. The van der Waals surface area contributed by atoms with E-state index in [0.29, 0.717) is 5.41 Å². The Morgan fingerprint density at radius 2 is 2.10 bits per heavy atom. The zero-order valence-corrected chi connectivity index (χ0v) is 12.6. The quantitative estimate of drug-likeness (QED) is 0.814. The maximum Gasteiger partial charge on any atom is 0.119 e. The van der Waals surface area contributed by atoms with Crippen LogP contribution in [0.25, 0.3) is 0 Å². The van der Waals surface area contributed by atoms with Crippen molar-refractivity contribution in [2.45, 2.75) is 39.0 Å². The molecule has 0 aromatic heterocycles. The Morgan fingerprint density at radius 1 is 1.25 bits per heavy atom. The lowest BCUT2D eigenvalue weighted by Gasteiger charge is -2.38. The molecule has 2 saturated carbocycles. The zero-order chi connectivity index (χ0) is 13.8. The van der Waals surface area contributed by atoms with Gasteiger partial charge in [0.1, 0.15) is 5.75 Å². The lowest BCUT2D eigenvalue weighted by molar-refractivity contribution is 0.115. The first-order valence-electron chi connectivity index (χ1n) is 8.21. The van der Waals surface area contributed by atoms with Gasteiger partial charge in [-0.2, -0.15) is 0 Å². The second-order valence-corrected chi connectivity index (χ2v) is 6.63. The van der Waals surface area contributed by atoms with E-state index in [1.165, 1.54) is 38.6 Å². The third-order valence-electron chi connectivity index (χ3n) is 5.44. The van der Waals surface area contributed by atoms with Crippen molar-refractivity contribution in [2.75, 3.05) is 19.7 Å². The van der Waals surface area contributed by atoms with Crippen molar-refractivity contribution in [2.24, 2.45) is 17.3 Å². The van der Waals surface area contributed by atoms with E-state index in [9.17, 15) is 0 Å². The summed E-state index contributed by atoms with van der Waals surface area (Å²) in [7, 11) is 0. The van der Waals surface area contributed by atoms with Crippen molar-refractivity contribution < 1.29 is 4.74 Å². The van der Waals surface area contributed by atoms with Gasteiger partial charge >= 0.3 is 0 Å². The van der Waals surface area contributed by atoms with Gasteiger partial charge in [-0.15, -0.1) is 0 Å². The summed E-state index contributed by atoms with van der Waals surface area (Å²) in [5.41, 5.74) is 0.508. The summed E-state index contributed by atoms with van der Waals surface area (Å²) in [6, 6.07) is 10.2. The molecule has 0 saturated heterocycles. The van der Waals surface area contributed by atoms with E-state index in [-0.39, 0.29) is 0 Å². The lowest BCUT2D eigenvalue weighted by Crippen LogP contribution is -2.39. The standard InChI is InChI=1S/C18H27NO/c1-2-19-14-18(13-15-8-9-16(18)12-15)10-11-20-17-6-4-3-5-7-17/h3-7,15-16,19H,2,8-14H2,1H3. The van der Waals surface area contributed by atoms with Crippen LogP contribution in [0.4, 0.5) is 0 Å². The van der Waals surface area contributed by atoms with Gasteiger partial charge in [0.25, 0.3) is 0 Å². The summed E-state index contributed by atoms with van der Waals surface area (Å²) in [5, 5.41) is 3.61. The molecule has 3 unspecified atom stereocenters. The summed E-state index contributed by atoms with van der Waals surface area (Å²) in [6.07, 6.45) is 7.01. The molecule has 3 atom stereocenters. The molecule has 0 spiro atoms. The van der Waals surface area contributed by atoms with Gasteiger partial charge in [0.05, 0.1) is 6.61 Å². The van der Waals surface area contributed by atoms with E-state index >= 15 is 0 Å². The highest BCUT2D eigenvalue weighted by atomic mass is 16.5. The molecule has 2 aliphatic rings. The first-order chi connectivity index (χ1) is 9.82. The van der Waals surface area contributed by atoms with Crippen molar-refractivity contribution in [3.8, 4) is 5.75 Å². The molecule has 0 amide bonds. The maximum atomic E-state index is 5.95. The molecule has 2 nitrogen and oxygen atoms in total. The lowest BCUT2D eigenvalue weighted by atomic mass is 9.71. The van der Waals surface area contributed by atoms with Gasteiger partial charge < -0.3 is 10.1 Å². The highest BCUT2D eigenvalue weighted by Gasteiger charge is 2.50. The SMILES string of the molecule is CCNCC1(CCOc2ccccc2)CC2CCC1C2. The van der Waals surface area contributed by atoms with Crippen LogP contribution in [0.2, 0.25) is 0 Å². The molecule has 1 N–H and O–H groups in total. The Kier molecular flexibility index (Phi) is 4.30. The molecule has 20 heavy (non-hydrogen) atoms. The van der Waals surface area contributed by atoms with E-state index in [0.717, 1.165) is 30.7 Å². The Balaban J connectivity index is 1.57. The van der Waals surface area contributed by atoms with Crippen LogP contribution in [0.5, 0.6) is 5.75 Å². The molecule has 110 valence electrons. The number of para-hydroxylation sites is 1. The molecule has 2 fully saturated rings. The number of ether oxygens (including phenoxy) is 1. The van der Waals surface area contributed by atoms with Gasteiger partial charge in [-0.05, 0) is 61.6 Å². The van der Waals surface area contributed by atoms with E-state index in [1.54, 1.807) is 0 Å². The fourth-order valence-corrected chi connectivity index (χ4v) is 4.43. The van der Waals surface area contributed by atoms with Gasteiger partial charge in [0.15, 0.2) is 0 Å². The molecular formula is C18H27NO. The van der Waals surface area contributed by atoms with Crippen molar-refractivity contribution in [1.82, 2.24) is 5.32 Å². The Hall–Kier alpha value is -1.02. The van der Waals surface area contributed by atoms with E-state index < -0.39 is 0 Å². The van der Waals surface area contributed by atoms with Gasteiger partial charge in [-0.25, -0.2) is 0 Å². The summed E-state index contributed by atoms with van der Waals surface area (Å²) >= 11 is 0. The fraction of sp³-hybridized carbons (Fsp3) is 0.667. The summed E-state index contributed by atoms with van der Waals surface area (Å²) in [4.78, 5) is 0. The first kappa shape index (κ1) is 13.9. The van der Waals surface area contributed by atoms with Crippen LogP contribution >= 0.6 is 0 Å². The van der Waals surface area contributed by atoms with Gasteiger partial charge in [0, 0.05) is 6.54 Å². The van der Waals surface area contributed by atoms with Crippen LogP contribution in [-0.4, -0.2) is 19.7 Å². The topological polar surface area (TPSA) is 21.3 Å². The molecule has 1 aromatic carbocycles. The van der Waals surface area contributed by atoms with E-state index in [4.69, 9.17) is 4.74 Å². The van der Waals surface area contributed by atoms with E-state index in [2.05, 4.69) is 24.4 Å². The van der Waals surface area contributed by atoms with Crippen molar-refractivity contribution in [1.29, 1.82) is 0 Å². The highest BCUT2D eigenvalue weighted by molar-refractivity contribution is 5.20. The molecule has 2 heteroatoms. The van der Waals surface area contributed by atoms with Crippen LogP contribution in [-0.2, 0) is 0 Å². The van der Waals surface area contributed by atoms with Crippen LogP contribution in [0.15, 0.2) is 30.3 Å². The summed E-state index contributed by atoms with van der Waals surface area (Å²) in [6.45, 7) is 5.33. The Labute approximate surface area is 122 Å². The maximum absolute atomic E-state index is 5.95. The van der Waals surface area contributed by atoms with E-state index in [1.807, 2.05) is 18.2 Å². The number of rotatable bonds is 7. The largest absolute Gasteiger partial charge is 0.494 e. The Bertz CT molecular complexity index is 419. The second kappa shape index (κ2) is 6.17. The van der Waals surface area contributed by atoms with Gasteiger partial charge in [-0.3, -0.25) is 0 Å². The smallest absolute Gasteiger partial charge is 0.119 e. The number of hydrogen-bond acceptors (Lipinski definition) is 2. The average Bonchev–Trinajstić information content (AvgIpc) is 3.07. The minimum absolute atomic E-state index is 0.508. The predicted octanol–water partition coefficient (Wildman–Crippen LogP) is 3.87. The molecule has 2 aliphatic carbocycles. The number of fused-ring (bicyclic) bond motifs is 2. The molecule has 0 radical (unpaired) electrons. The zero-order valence-electron chi connectivity index (χ0n) is 12.6. The van der Waals surface area contributed by atoms with Crippen LogP contribution in [0.3, 0.4) is 0 Å². The predicted molar refractivity (Wildman–Crippen MR) is 83.0 cm³/mol. The molecule has 0 aliphatic heterocycles. The fourth-order valence-electron chi connectivity index (χ4n) is 4.43. The van der Waals surface area contributed by atoms with Crippen LogP contribution in [0, 0.1) is 17.3 Å². The third kappa shape index (κ3) is 2.85. The van der Waals surface area contributed by atoms with Crippen molar-refractivity contribution in [3.05, 3.63) is 30.3 Å². The van der Waals surface area contributed by atoms with Crippen molar-refractivity contribution >= 4 is 0 Å². The molecule has 2 bridgehead atoms. The minimum Gasteiger partial charge on any atom is -0.494 e.